The van der Waals surface area contributed by atoms with Gasteiger partial charge in [-0.3, -0.25) is 4.90 Å². The third-order valence-electron chi connectivity index (χ3n) is 5.82. The Balaban J connectivity index is 1.60. The summed E-state index contributed by atoms with van der Waals surface area (Å²) in [6, 6.07) is 1.47. The molecular weight excluding hydrogens is 250 g/mol. The number of hydrogen-bond acceptors (Lipinski definition) is 3. The zero-order valence-electron chi connectivity index (χ0n) is 12.9. The molecule has 3 aliphatic rings. The Bertz CT molecular complexity index is 296. The molecule has 3 rings (SSSR count). The molecule has 1 spiro atoms. The summed E-state index contributed by atoms with van der Waals surface area (Å²) in [7, 11) is 0. The summed E-state index contributed by atoms with van der Waals surface area (Å²) in [5.41, 5.74) is 0.227. The van der Waals surface area contributed by atoms with E-state index in [1.165, 1.54) is 70.8 Å². The molecule has 0 aromatic rings. The summed E-state index contributed by atoms with van der Waals surface area (Å²) in [5.74, 6) is 0. The van der Waals surface area contributed by atoms with Crippen molar-refractivity contribution in [1.82, 2.24) is 4.90 Å². The maximum absolute atomic E-state index is 9.08. The monoisotopic (exact) mass is 281 g/mol. The van der Waals surface area contributed by atoms with Crippen molar-refractivity contribution in [3.05, 3.63) is 0 Å². The van der Waals surface area contributed by atoms with Crippen molar-refractivity contribution in [3.8, 4) is 0 Å². The van der Waals surface area contributed by atoms with Gasteiger partial charge in [0.1, 0.15) is 0 Å². The first-order valence-electron chi connectivity index (χ1n) is 8.84. The summed E-state index contributed by atoms with van der Waals surface area (Å²) in [6.07, 6.45) is 14.0. The summed E-state index contributed by atoms with van der Waals surface area (Å²) >= 11 is 0. The van der Waals surface area contributed by atoms with Crippen LogP contribution in [0.1, 0.15) is 70.6 Å². The van der Waals surface area contributed by atoms with E-state index in [1.807, 2.05) is 0 Å². The maximum Gasteiger partial charge on any atom is 0.0697 e. The number of aliphatic hydroxyl groups is 1. The largest absolute Gasteiger partial charge is 0.396 e. The van der Waals surface area contributed by atoms with Gasteiger partial charge in [0.2, 0.25) is 0 Å². The van der Waals surface area contributed by atoms with Gasteiger partial charge in [-0.1, -0.05) is 19.3 Å². The normalized spacial score (nSPS) is 34.6. The van der Waals surface area contributed by atoms with Crippen LogP contribution in [0.15, 0.2) is 0 Å². The zero-order chi connectivity index (χ0) is 13.8. The summed E-state index contributed by atoms with van der Waals surface area (Å²) in [5, 5.41) is 9.08. The van der Waals surface area contributed by atoms with Gasteiger partial charge in [0.15, 0.2) is 0 Å². The number of rotatable bonds is 4. The molecule has 0 radical (unpaired) electrons. The van der Waals surface area contributed by atoms with Gasteiger partial charge in [0.05, 0.1) is 5.60 Å². The van der Waals surface area contributed by atoms with Gasteiger partial charge < -0.3 is 9.84 Å². The van der Waals surface area contributed by atoms with Gasteiger partial charge in [0, 0.05) is 25.3 Å². The predicted molar refractivity (Wildman–Crippen MR) is 80.8 cm³/mol. The van der Waals surface area contributed by atoms with Crippen LogP contribution in [-0.4, -0.2) is 47.4 Å². The minimum absolute atomic E-state index is 0.227. The Morgan fingerprint density at radius 2 is 1.95 bits per heavy atom. The summed E-state index contributed by atoms with van der Waals surface area (Å²) in [4.78, 5) is 2.77. The molecule has 116 valence electrons. The lowest BCUT2D eigenvalue weighted by molar-refractivity contribution is -0.125. The molecular formula is C17H31NO2. The third kappa shape index (κ3) is 3.20. The minimum atomic E-state index is 0.227. The van der Waals surface area contributed by atoms with Crippen LogP contribution in [0.5, 0.6) is 0 Å². The molecule has 0 bridgehead atoms. The average Bonchev–Trinajstić information content (AvgIpc) is 2.94. The predicted octanol–water partition coefficient (Wildman–Crippen LogP) is 3.11. The van der Waals surface area contributed by atoms with Gasteiger partial charge in [-0.15, -0.1) is 0 Å². The van der Waals surface area contributed by atoms with Crippen molar-refractivity contribution in [2.24, 2.45) is 0 Å². The van der Waals surface area contributed by atoms with Crippen LogP contribution in [0.25, 0.3) is 0 Å². The van der Waals surface area contributed by atoms with E-state index < -0.39 is 0 Å². The van der Waals surface area contributed by atoms with Gasteiger partial charge in [-0.25, -0.2) is 0 Å². The highest BCUT2D eigenvalue weighted by Crippen LogP contribution is 2.41. The quantitative estimate of drug-likeness (QED) is 0.859. The van der Waals surface area contributed by atoms with Crippen molar-refractivity contribution in [2.75, 3.05) is 19.8 Å². The fourth-order valence-electron chi connectivity index (χ4n) is 4.81. The topological polar surface area (TPSA) is 32.7 Å². The first-order chi connectivity index (χ1) is 9.83. The molecule has 3 fully saturated rings. The molecule has 1 saturated carbocycles. The van der Waals surface area contributed by atoms with Crippen LogP contribution in [0.2, 0.25) is 0 Å². The van der Waals surface area contributed by atoms with Gasteiger partial charge >= 0.3 is 0 Å². The van der Waals surface area contributed by atoms with E-state index in [-0.39, 0.29) is 5.60 Å². The van der Waals surface area contributed by atoms with Crippen LogP contribution in [-0.2, 0) is 4.74 Å². The third-order valence-corrected chi connectivity index (χ3v) is 5.82. The second-order valence-electron chi connectivity index (χ2n) is 7.14. The van der Waals surface area contributed by atoms with E-state index in [4.69, 9.17) is 9.84 Å². The van der Waals surface area contributed by atoms with Crippen molar-refractivity contribution in [3.63, 3.8) is 0 Å². The molecule has 0 amide bonds. The van der Waals surface area contributed by atoms with Crippen LogP contribution in [0, 0.1) is 0 Å². The summed E-state index contributed by atoms with van der Waals surface area (Å²) < 4.78 is 6.25. The number of ether oxygens (including phenoxy) is 1. The van der Waals surface area contributed by atoms with E-state index in [0.717, 1.165) is 25.1 Å². The molecule has 20 heavy (non-hydrogen) atoms. The van der Waals surface area contributed by atoms with E-state index >= 15 is 0 Å². The highest BCUT2D eigenvalue weighted by molar-refractivity contribution is 4.95. The molecule has 2 aliphatic heterocycles. The fraction of sp³-hybridized carbons (Fsp3) is 1.00. The Morgan fingerprint density at radius 3 is 2.75 bits per heavy atom. The lowest BCUT2D eigenvalue weighted by Gasteiger charge is -2.47. The molecule has 0 aromatic carbocycles. The Hall–Kier alpha value is -0.120. The van der Waals surface area contributed by atoms with Crippen LogP contribution in [0.3, 0.4) is 0 Å². The number of hydrogen-bond donors (Lipinski definition) is 1. The minimum Gasteiger partial charge on any atom is -0.396 e. The van der Waals surface area contributed by atoms with Crippen LogP contribution >= 0.6 is 0 Å². The lowest BCUT2D eigenvalue weighted by Crippen LogP contribution is -2.50. The summed E-state index contributed by atoms with van der Waals surface area (Å²) in [6.45, 7) is 2.59. The van der Waals surface area contributed by atoms with Gasteiger partial charge in [0.25, 0.3) is 0 Å². The Morgan fingerprint density at radius 1 is 1.10 bits per heavy atom. The second kappa shape index (κ2) is 6.76. The lowest BCUT2D eigenvalue weighted by atomic mass is 9.78. The van der Waals surface area contributed by atoms with E-state index in [2.05, 4.69) is 4.90 Å². The highest BCUT2D eigenvalue weighted by atomic mass is 16.5. The molecule has 2 saturated heterocycles. The SMILES string of the molecule is OCCCC1CCCN1C1CCOC2(CCCCC2)C1. The van der Waals surface area contributed by atoms with Crippen molar-refractivity contribution >= 4 is 0 Å². The molecule has 0 aromatic heterocycles. The van der Waals surface area contributed by atoms with Gasteiger partial charge in [-0.05, 0) is 57.9 Å². The Kier molecular flexibility index (Phi) is 5.00. The number of nitrogens with zero attached hydrogens (tertiary/aromatic N) is 1. The van der Waals surface area contributed by atoms with Crippen molar-refractivity contribution in [1.29, 1.82) is 0 Å². The van der Waals surface area contributed by atoms with Crippen LogP contribution < -0.4 is 0 Å². The average molecular weight is 281 g/mol. The number of aliphatic hydroxyl groups excluding tert-OH is 1. The first kappa shape index (κ1) is 14.8. The molecule has 3 nitrogen and oxygen atoms in total. The van der Waals surface area contributed by atoms with Gasteiger partial charge in [-0.2, -0.15) is 0 Å². The maximum atomic E-state index is 9.08. The van der Waals surface area contributed by atoms with E-state index in [0.29, 0.717) is 6.61 Å². The molecule has 1 N–H and O–H groups in total. The Labute approximate surface area is 123 Å². The number of likely N-dealkylation sites (tertiary alicyclic amines) is 1. The molecule has 3 heteroatoms. The van der Waals surface area contributed by atoms with Crippen molar-refractivity contribution < 1.29 is 9.84 Å². The zero-order valence-corrected chi connectivity index (χ0v) is 12.9. The molecule has 2 heterocycles. The highest BCUT2D eigenvalue weighted by Gasteiger charge is 2.42. The molecule has 1 aliphatic carbocycles. The smallest absolute Gasteiger partial charge is 0.0697 e. The van der Waals surface area contributed by atoms with E-state index in [1.54, 1.807) is 0 Å². The van der Waals surface area contributed by atoms with Crippen molar-refractivity contribution in [2.45, 2.75) is 88.3 Å². The fourth-order valence-corrected chi connectivity index (χ4v) is 4.81. The first-order valence-corrected chi connectivity index (χ1v) is 8.84. The molecule has 2 atom stereocenters. The molecule has 2 unspecified atom stereocenters. The standard InChI is InChI=1S/C17H31NO2/c19-12-5-7-15-6-4-11-18(15)16-8-13-20-17(14-16)9-2-1-3-10-17/h15-16,19H,1-14H2. The van der Waals surface area contributed by atoms with E-state index in [9.17, 15) is 0 Å². The second-order valence-corrected chi connectivity index (χ2v) is 7.14. The van der Waals surface area contributed by atoms with Crippen LogP contribution in [0.4, 0.5) is 0 Å².